The Morgan fingerprint density at radius 3 is 2.03 bits per heavy atom. The minimum absolute atomic E-state index is 0.0484. The molecule has 35 heavy (non-hydrogen) atoms. The van der Waals surface area contributed by atoms with Gasteiger partial charge < -0.3 is 14.6 Å². The Kier molecular flexibility index (Phi) is 8.02. The third kappa shape index (κ3) is 5.99. The highest BCUT2D eigenvalue weighted by atomic mass is 35.5. The number of carboxylic acid groups (broad SMARTS) is 1. The van der Waals surface area contributed by atoms with E-state index >= 15 is 0 Å². The van der Waals surface area contributed by atoms with Gasteiger partial charge in [0, 0.05) is 32.5 Å². The van der Waals surface area contributed by atoms with Crippen LogP contribution in [0.5, 0.6) is 5.75 Å². The maximum absolute atomic E-state index is 12.9. The van der Waals surface area contributed by atoms with Gasteiger partial charge in [0.05, 0.1) is 12.2 Å². The molecule has 1 heterocycles. The number of benzene rings is 3. The lowest BCUT2D eigenvalue weighted by Gasteiger charge is -2.42. The zero-order valence-electron chi connectivity index (χ0n) is 18.8. The molecule has 0 aliphatic carbocycles. The van der Waals surface area contributed by atoms with Crippen molar-refractivity contribution in [3.63, 3.8) is 0 Å². The first-order valence-electron chi connectivity index (χ1n) is 11.0. The first-order valence-corrected chi connectivity index (χ1v) is 12.2. The second-order valence-electron chi connectivity index (χ2n) is 8.50. The second kappa shape index (κ2) is 11.0. The highest BCUT2D eigenvalue weighted by Gasteiger charge is 2.43. The topological polar surface area (TPSA) is 72.8 Å². The van der Waals surface area contributed by atoms with Crippen LogP contribution in [0.25, 0.3) is 0 Å². The van der Waals surface area contributed by atoms with E-state index in [-0.39, 0.29) is 11.7 Å². The first-order chi connectivity index (χ1) is 16.7. The molecule has 1 aliphatic rings. The van der Waals surface area contributed by atoms with Crippen LogP contribution in [0.2, 0.25) is 15.1 Å². The number of rotatable bonds is 7. The maximum atomic E-state index is 12.9. The predicted octanol–water partition coefficient (Wildman–Crippen LogP) is 7.30. The summed E-state index contributed by atoms with van der Waals surface area (Å²) in [6, 6.07) is 19.8. The van der Waals surface area contributed by atoms with Crippen LogP contribution in [-0.4, -0.2) is 23.5 Å². The molecule has 3 aromatic rings. The fourth-order valence-electron chi connectivity index (χ4n) is 4.53. The van der Waals surface area contributed by atoms with Crippen molar-refractivity contribution in [3.05, 3.63) is 98.5 Å². The number of ketones is 1. The largest absolute Gasteiger partial charge is 0.482 e. The third-order valence-corrected chi connectivity index (χ3v) is 6.92. The average Bonchev–Trinajstić information content (AvgIpc) is 2.83. The Hall–Kier alpha value is -2.57. The Labute approximate surface area is 218 Å². The Balaban J connectivity index is 1.80. The van der Waals surface area contributed by atoms with E-state index in [2.05, 4.69) is 0 Å². The van der Waals surface area contributed by atoms with E-state index in [1.807, 2.05) is 36.4 Å². The lowest BCUT2D eigenvalue weighted by Crippen LogP contribution is -2.34. The molecule has 0 aromatic heterocycles. The highest BCUT2D eigenvalue weighted by Crippen LogP contribution is 2.52. The van der Waals surface area contributed by atoms with E-state index in [1.54, 1.807) is 30.3 Å². The van der Waals surface area contributed by atoms with Crippen LogP contribution < -0.4 is 4.74 Å². The highest BCUT2D eigenvalue weighted by molar-refractivity contribution is 6.31. The van der Waals surface area contributed by atoms with Gasteiger partial charge in [-0.2, -0.15) is 0 Å². The van der Waals surface area contributed by atoms with Crippen molar-refractivity contribution < 1.29 is 24.2 Å². The van der Waals surface area contributed by atoms with Crippen molar-refractivity contribution in [3.8, 4) is 5.75 Å². The molecule has 5 nitrogen and oxygen atoms in total. The number of hydrogen-bond donors (Lipinski definition) is 1. The normalized spacial score (nSPS) is 21.9. The van der Waals surface area contributed by atoms with Gasteiger partial charge in [-0.15, -0.1) is 0 Å². The molecule has 1 fully saturated rings. The summed E-state index contributed by atoms with van der Waals surface area (Å²) in [7, 11) is 0. The van der Waals surface area contributed by atoms with Crippen molar-refractivity contribution in [1.82, 2.24) is 0 Å². The minimum Gasteiger partial charge on any atom is -0.482 e. The first kappa shape index (κ1) is 25.5. The van der Waals surface area contributed by atoms with E-state index < -0.39 is 30.7 Å². The van der Waals surface area contributed by atoms with E-state index in [0.717, 1.165) is 11.1 Å². The summed E-state index contributed by atoms with van der Waals surface area (Å²) in [5.74, 6) is -1.49. The van der Waals surface area contributed by atoms with Crippen LogP contribution in [0.3, 0.4) is 0 Å². The van der Waals surface area contributed by atoms with Crippen LogP contribution in [0.4, 0.5) is 0 Å². The predicted molar refractivity (Wildman–Crippen MR) is 136 cm³/mol. The monoisotopic (exact) mass is 532 g/mol. The molecule has 4 rings (SSSR count). The number of carboxylic acids is 1. The van der Waals surface area contributed by atoms with Crippen LogP contribution >= 0.6 is 34.8 Å². The average molecular weight is 534 g/mol. The van der Waals surface area contributed by atoms with Crippen molar-refractivity contribution in [1.29, 1.82) is 0 Å². The van der Waals surface area contributed by atoms with Crippen LogP contribution in [0, 0.1) is 5.92 Å². The molecule has 0 amide bonds. The van der Waals surface area contributed by atoms with Gasteiger partial charge in [0.25, 0.3) is 0 Å². The maximum Gasteiger partial charge on any atom is 0.341 e. The summed E-state index contributed by atoms with van der Waals surface area (Å²) in [6.45, 7) is 1.00. The number of ether oxygens (including phenoxy) is 2. The van der Waals surface area contributed by atoms with Gasteiger partial charge in [-0.3, -0.25) is 4.79 Å². The molecule has 0 spiro atoms. The molecular weight excluding hydrogens is 511 g/mol. The number of carbonyl (C=O) groups is 2. The molecule has 1 saturated heterocycles. The van der Waals surface area contributed by atoms with E-state index in [4.69, 9.17) is 49.4 Å². The Morgan fingerprint density at radius 2 is 1.46 bits per heavy atom. The van der Waals surface area contributed by atoms with Gasteiger partial charge in [-0.1, -0.05) is 59.1 Å². The molecule has 4 atom stereocenters. The van der Waals surface area contributed by atoms with Gasteiger partial charge in [-0.25, -0.2) is 4.79 Å². The summed E-state index contributed by atoms with van der Waals surface area (Å²) >= 11 is 18.5. The Morgan fingerprint density at radius 1 is 0.886 bits per heavy atom. The van der Waals surface area contributed by atoms with Crippen molar-refractivity contribution in [2.45, 2.75) is 31.5 Å². The SMILES string of the molecule is CC(=O)[C@@H]1C[C@@H](c2ccc(Cl)cc2)[C@@H](c2ccc(Cl)cc2)O[C@H]1c1cc(Cl)ccc1OCC(=O)O. The number of aliphatic carboxylic acids is 1. The van der Waals surface area contributed by atoms with Crippen molar-refractivity contribution in [2.24, 2.45) is 5.92 Å². The van der Waals surface area contributed by atoms with Crippen LogP contribution in [0.15, 0.2) is 66.7 Å². The van der Waals surface area contributed by atoms with E-state index in [0.29, 0.717) is 32.8 Å². The fourth-order valence-corrected chi connectivity index (χ4v) is 4.97. The molecule has 0 radical (unpaired) electrons. The fraction of sp³-hybridized carbons (Fsp3) is 0.259. The van der Waals surface area contributed by atoms with Crippen molar-refractivity contribution >= 4 is 46.6 Å². The second-order valence-corrected chi connectivity index (χ2v) is 9.81. The van der Waals surface area contributed by atoms with Gasteiger partial charge in [0.1, 0.15) is 11.5 Å². The molecule has 8 heteroatoms. The van der Waals surface area contributed by atoms with E-state index in [9.17, 15) is 9.59 Å². The molecule has 3 aromatic carbocycles. The lowest BCUT2D eigenvalue weighted by molar-refractivity contribution is -0.143. The van der Waals surface area contributed by atoms with Gasteiger partial charge >= 0.3 is 5.97 Å². The number of halogens is 3. The lowest BCUT2D eigenvalue weighted by atomic mass is 9.75. The summed E-state index contributed by atoms with van der Waals surface area (Å²) in [5, 5.41) is 10.8. The van der Waals surface area contributed by atoms with Gasteiger partial charge in [0.15, 0.2) is 6.61 Å². The minimum atomic E-state index is -1.11. The third-order valence-electron chi connectivity index (χ3n) is 6.18. The molecule has 1 N–H and O–H groups in total. The number of Topliss-reactive ketones (excluding diaryl/α,β-unsaturated/α-hetero) is 1. The molecule has 0 bridgehead atoms. The molecule has 1 aliphatic heterocycles. The summed E-state index contributed by atoms with van der Waals surface area (Å²) in [4.78, 5) is 24.0. The standard InChI is InChI=1S/C27H23Cl3O5/c1-15(31)21-13-22(16-2-6-18(28)7-3-16)26(17-4-8-19(29)9-5-17)35-27(21)23-12-20(30)10-11-24(23)34-14-25(32)33/h2-12,21-22,26-27H,13-14H2,1H3,(H,32,33)/t21-,22-,26+,27+/m0/s1. The summed E-state index contributed by atoms with van der Waals surface area (Å²) in [6.07, 6.45) is -0.612. The molecule has 0 unspecified atom stereocenters. The molecule has 0 saturated carbocycles. The number of hydrogen-bond acceptors (Lipinski definition) is 4. The Bertz CT molecular complexity index is 1210. The van der Waals surface area contributed by atoms with Crippen LogP contribution in [0.1, 0.15) is 48.2 Å². The van der Waals surface area contributed by atoms with Crippen LogP contribution in [-0.2, 0) is 14.3 Å². The zero-order valence-corrected chi connectivity index (χ0v) is 21.1. The molecular formula is C27H23Cl3O5. The van der Waals surface area contributed by atoms with Gasteiger partial charge in [0.2, 0.25) is 0 Å². The van der Waals surface area contributed by atoms with E-state index in [1.165, 1.54) is 6.92 Å². The quantitative estimate of drug-likeness (QED) is 0.345. The summed E-state index contributed by atoms with van der Waals surface area (Å²) < 4.78 is 12.2. The number of carbonyl (C=O) groups excluding carboxylic acids is 1. The molecule has 182 valence electrons. The zero-order chi connectivity index (χ0) is 25.1. The smallest absolute Gasteiger partial charge is 0.341 e. The van der Waals surface area contributed by atoms with Gasteiger partial charge in [-0.05, 0) is 66.9 Å². The van der Waals surface area contributed by atoms with Crippen molar-refractivity contribution in [2.75, 3.05) is 6.61 Å². The summed E-state index contributed by atoms with van der Waals surface area (Å²) in [5.41, 5.74) is 2.43.